The third-order valence-electron chi connectivity index (χ3n) is 5.85. The lowest BCUT2D eigenvalue weighted by Gasteiger charge is -2.35. The summed E-state index contributed by atoms with van der Waals surface area (Å²) in [7, 11) is 0. The maximum atomic E-state index is 12.8. The van der Waals surface area contributed by atoms with Gasteiger partial charge in [0.1, 0.15) is 5.82 Å². The molecule has 4 rings (SSSR count). The molecule has 2 aromatic rings. The van der Waals surface area contributed by atoms with Crippen molar-refractivity contribution in [2.75, 3.05) is 31.1 Å². The lowest BCUT2D eigenvalue weighted by molar-refractivity contribution is -0.126. The van der Waals surface area contributed by atoms with Gasteiger partial charge in [0, 0.05) is 51.2 Å². The molecule has 2 fully saturated rings. The summed E-state index contributed by atoms with van der Waals surface area (Å²) < 4.78 is 0. The van der Waals surface area contributed by atoms with E-state index in [1.807, 2.05) is 0 Å². The van der Waals surface area contributed by atoms with E-state index in [-0.39, 0.29) is 11.8 Å². The average Bonchev–Trinajstić information content (AvgIpc) is 2.76. The summed E-state index contributed by atoms with van der Waals surface area (Å²) in [4.78, 5) is 26.0. The zero-order valence-electron chi connectivity index (χ0n) is 16.3. The number of piperidine rings is 2. The van der Waals surface area contributed by atoms with E-state index in [0.717, 1.165) is 64.2 Å². The number of benzene rings is 1. The first-order chi connectivity index (χ1) is 13.8. The van der Waals surface area contributed by atoms with E-state index in [1.54, 1.807) is 18.6 Å². The van der Waals surface area contributed by atoms with Crippen LogP contribution in [0.15, 0.2) is 48.9 Å². The first-order valence-corrected chi connectivity index (χ1v) is 10.4. The molecule has 0 saturated carbocycles. The Kier molecular flexibility index (Phi) is 6.17. The minimum atomic E-state index is 0.0399. The first-order valence-electron chi connectivity index (χ1n) is 10.4. The summed E-state index contributed by atoms with van der Waals surface area (Å²) in [5, 5.41) is 3.32. The second-order valence-corrected chi connectivity index (χ2v) is 7.89. The first kappa shape index (κ1) is 18.9. The Bertz CT molecular complexity index is 746. The molecule has 6 nitrogen and oxygen atoms in total. The van der Waals surface area contributed by atoms with Crippen LogP contribution in [-0.2, 0) is 11.3 Å². The fourth-order valence-electron chi connectivity index (χ4n) is 4.25. The number of hydrogen-bond donors (Lipinski definition) is 1. The topological polar surface area (TPSA) is 61.4 Å². The monoisotopic (exact) mass is 379 g/mol. The minimum absolute atomic E-state index is 0.0399. The Morgan fingerprint density at radius 1 is 1.07 bits per heavy atom. The van der Waals surface area contributed by atoms with E-state index in [4.69, 9.17) is 0 Å². The normalized spacial score (nSPS) is 21.4. The number of anilines is 1. The van der Waals surface area contributed by atoms with E-state index < -0.39 is 0 Å². The number of hydrogen-bond acceptors (Lipinski definition) is 5. The van der Waals surface area contributed by atoms with Crippen molar-refractivity contribution < 1.29 is 4.79 Å². The molecule has 3 heterocycles. The molecule has 2 saturated heterocycles. The maximum absolute atomic E-state index is 12.8. The van der Waals surface area contributed by atoms with Crippen LogP contribution in [0.3, 0.4) is 0 Å². The van der Waals surface area contributed by atoms with Gasteiger partial charge in [0.05, 0.1) is 12.1 Å². The smallest absolute Gasteiger partial charge is 0.225 e. The Labute approximate surface area is 167 Å². The summed E-state index contributed by atoms with van der Waals surface area (Å²) in [6.07, 6.45) is 9.20. The van der Waals surface area contributed by atoms with Gasteiger partial charge in [-0.3, -0.25) is 14.7 Å². The molecule has 148 valence electrons. The van der Waals surface area contributed by atoms with E-state index in [0.29, 0.717) is 6.04 Å². The van der Waals surface area contributed by atoms with E-state index in [1.165, 1.54) is 5.56 Å². The number of carbonyl (C=O) groups excluding carboxylic acids is 1. The second-order valence-electron chi connectivity index (χ2n) is 7.89. The third kappa shape index (κ3) is 4.87. The summed E-state index contributed by atoms with van der Waals surface area (Å²) in [5.41, 5.74) is 1.36. The van der Waals surface area contributed by atoms with Crippen LogP contribution in [-0.4, -0.2) is 53.0 Å². The van der Waals surface area contributed by atoms with Gasteiger partial charge in [0.25, 0.3) is 0 Å². The third-order valence-corrected chi connectivity index (χ3v) is 5.85. The molecule has 6 heteroatoms. The number of rotatable bonds is 5. The summed E-state index contributed by atoms with van der Waals surface area (Å²) in [5.74, 6) is 1.11. The van der Waals surface area contributed by atoms with Crippen molar-refractivity contribution >= 4 is 11.7 Å². The number of likely N-dealkylation sites (tertiary alicyclic amines) is 1. The Hall–Kier alpha value is -2.47. The van der Waals surface area contributed by atoms with Gasteiger partial charge in [-0.2, -0.15) is 0 Å². The van der Waals surface area contributed by atoms with Crippen molar-refractivity contribution in [3.63, 3.8) is 0 Å². The van der Waals surface area contributed by atoms with E-state index >= 15 is 0 Å². The van der Waals surface area contributed by atoms with Crippen LogP contribution < -0.4 is 10.2 Å². The molecule has 1 N–H and O–H groups in total. The van der Waals surface area contributed by atoms with Crippen LogP contribution in [0.25, 0.3) is 0 Å². The van der Waals surface area contributed by atoms with Crippen LogP contribution in [0.1, 0.15) is 31.2 Å². The Morgan fingerprint density at radius 2 is 1.89 bits per heavy atom. The molecule has 0 unspecified atom stereocenters. The van der Waals surface area contributed by atoms with Crippen LogP contribution in [0.5, 0.6) is 0 Å². The summed E-state index contributed by atoms with van der Waals surface area (Å²) in [6, 6.07) is 10.9. The van der Waals surface area contributed by atoms with Gasteiger partial charge in [-0.05, 0) is 31.2 Å². The molecule has 2 aliphatic rings. The fraction of sp³-hybridized carbons (Fsp3) is 0.500. The number of nitrogens with zero attached hydrogens (tertiary/aromatic N) is 4. The molecule has 1 aromatic carbocycles. The standard InChI is InChI=1S/C22H29N5O/c28-22(19-7-4-12-27(17-19)21-15-23-10-11-24-21)25-20-8-13-26(14-9-20)16-18-5-2-1-3-6-18/h1-3,5-6,10-11,15,19-20H,4,7-9,12-14,16-17H2,(H,25,28)/t19-/m0/s1. The molecule has 0 radical (unpaired) electrons. The molecule has 0 bridgehead atoms. The number of carbonyl (C=O) groups is 1. The second kappa shape index (κ2) is 9.15. The van der Waals surface area contributed by atoms with Crippen LogP contribution in [0.2, 0.25) is 0 Å². The lowest BCUT2D eigenvalue weighted by Crippen LogP contribution is -2.49. The molecule has 1 amide bonds. The molecular weight excluding hydrogens is 350 g/mol. The summed E-state index contributed by atoms with van der Waals surface area (Å²) in [6.45, 7) is 4.75. The zero-order valence-corrected chi connectivity index (χ0v) is 16.3. The fourth-order valence-corrected chi connectivity index (χ4v) is 4.25. The van der Waals surface area contributed by atoms with Crippen molar-refractivity contribution in [1.82, 2.24) is 20.2 Å². The minimum Gasteiger partial charge on any atom is -0.355 e. The van der Waals surface area contributed by atoms with Crippen LogP contribution >= 0.6 is 0 Å². The van der Waals surface area contributed by atoms with Gasteiger partial charge in [0.15, 0.2) is 0 Å². The van der Waals surface area contributed by atoms with E-state index in [2.05, 4.69) is 55.4 Å². The zero-order chi connectivity index (χ0) is 19.2. The van der Waals surface area contributed by atoms with Crippen molar-refractivity contribution in [3.05, 3.63) is 54.5 Å². The quantitative estimate of drug-likeness (QED) is 0.865. The van der Waals surface area contributed by atoms with Crippen molar-refractivity contribution in [3.8, 4) is 0 Å². The van der Waals surface area contributed by atoms with Crippen LogP contribution in [0, 0.1) is 5.92 Å². The van der Waals surface area contributed by atoms with Crippen molar-refractivity contribution in [2.45, 2.75) is 38.3 Å². The highest BCUT2D eigenvalue weighted by atomic mass is 16.2. The van der Waals surface area contributed by atoms with Gasteiger partial charge in [-0.25, -0.2) is 4.98 Å². The van der Waals surface area contributed by atoms with Gasteiger partial charge in [-0.15, -0.1) is 0 Å². The lowest BCUT2D eigenvalue weighted by atomic mass is 9.95. The molecule has 0 aliphatic carbocycles. The average molecular weight is 380 g/mol. The Morgan fingerprint density at radius 3 is 2.64 bits per heavy atom. The maximum Gasteiger partial charge on any atom is 0.225 e. The molecule has 28 heavy (non-hydrogen) atoms. The Balaban J connectivity index is 1.24. The molecule has 1 atom stereocenters. The highest BCUT2D eigenvalue weighted by Crippen LogP contribution is 2.22. The van der Waals surface area contributed by atoms with Crippen molar-refractivity contribution in [1.29, 1.82) is 0 Å². The number of nitrogens with one attached hydrogen (secondary N) is 1. The van der Waals surface area contributed by atoms with E-state index in [9.17, 15) is 4.79 Å². The van der Waals surface area contributed by atoms with Gasteiger partial charge >= 0.3 is 0 Å². The SMILES string of the molecule is O=C(NC1CCN(Cc2ccccc2)CC1)[C@H]1CCCN(c2cnccn2)C1. The predicted molar refractivity (Wildman–Crippen MR) is 110 cm³/mol. The molecule has 2 aliphatic heterocycles. The summed E-state index contributed by atoms with van der Waals surface area (Å²) >= 11 is 0. The number of amides is 1. The molecule has 0 spiro atoms. The highest BCUT2D eigenvalue weighted by molar-refractivity contribution is 5.79. The predicted octanol–water partition coefficient (Wildman–Crippen LogP) is 2.47. The molecule has 1 aromatic heterocycles. The van der Waals surface area contributed by atoms with Gasteiger partial charge in [-0.1, -0.05) is 30.3 Å². The largest absolute Gasteiger partial charge is 0.355 e. The van der Waals surface area contributed by atoms with Gasteiger partial charge in [0.2, 0.25) is 5.91 Å². The molecular formula is C22H29N5O. The highest BCUT2D eigenvalue weighted by Gasteiger charge is 2.29. The van der Waals surface area contributed by atoms with Gasteiger partial charge < -0.3 is 10.2 Å². The van der Waals surface area contributed by atoms with Crippen molar-refractivity contribution in [2.24, 2.45) is 5.92 Å². The number of aromatic nitrogens is 2. The van der Waals surface area contributed by atoms with Crippen LogP contribution in [0.4, 0.5) is 5.82 Å².